The van der Waals surface area contributed by atoms with Crippen LogP contribution in [0.25, 0.3) is 0 Å². The third-order valence-corrected chi connectivity index (χ3v) is 5.69. The number of aromatic hydroxyl groups is 4. The summed E-state index contributed by atoms with van der Waals surface area (Å²) in [5.41, 5.74) is -0.110. The molecule has 0 bridgehead atoms. The highest BCUT2D eigenvalue weighted by atomic mass is 16.5. The molecule has 7 N–H and O–H groups in total. The second-order valence-electron chi connectivity index (χ2n) is 7.83. The van der Waals surface area contributed by atoms with Gasteiger partial charge in [0.25, 0.3) is 0 Å². The van der Waals surface area contributed by atoms with Gasteiger partial charge in [0.1, 0.15) is 64.8 Å². The highest BCUT2D eigenvalue weighted by molar-refractivity contribution is 6.04. The second-order valence-corrected chi connectivity index (χ2v) is 7.83. The van der Waals surface area contributed by atoms with Crippen LogP contribution < -0.4 is 4.74 Å². The van der Waals surface area contributed by atoms with Gasteiger partial charge in [-0.3, -0.25) is 4.79 Å². The van der Waals surface area contributed by atoms with Crippen LogP contribution in [0.15, 0.2) is 30.3 Å². The molecule has 0 amide bonds. The van der Waals surface area contributed by atoms with Crippen LogP contribution in [-0.4, -0.2) is 72.0 Å². The first-order valence-corrected chi connectivity index (χ1v) is 9.58. The van der Waals surface area contributed by atoms with Crippen LogP contribution in [0, 0.1) is 5.92 Å². The fraction of sp³-hybridized carbons (Fsp3) is 0.381. The van der Waals surface area contributed by atoms with Gasteiger partial charge < -0.3 is 45.2 Å². The van der Waals surface area contributed by atoms with Gasteiger partial charge in [-0.1, -0.05) is 0 Å². The Morgan fingerprint density at radius 3 is 2.06 bits per heavy atom. The van der Waals surface area contributed by atoms with E-state index in [0.29, 0.717) is 0 Å². The van der Waals surface area contributed by atoms with Gasteiger partial charge in [0.05, 0.1) is 12.0 Å². The number of aliphatic hydroxyl groups is 3. The van der Waals surface area contributed by atoms with E-state index in [1.165, 1.54) is 19.1 Å². The van der Waals surface area contributed by atoms with E-state index < -0.39 is 54.1 Å². The molecule has 2 aromatic carbocycles. The maximum atomic E-state index is 13.5. The molecule has 0 aromatic heterocycles. The molecule has 10 nitrogen and oxygen atoms in total. The Kier molecular flexibility index (Phi) is 5.18. The summed E-state index contributed by atoms with van der Waals surface area (Å²) in [5.74, 6) is -3.76. The Labute approximate surface area is 176 Å². The lowest BCUT2D eigenvalue weighted by molar-refractivity contribution is -0.231. The molecule has 0 spiro atoms. The largest absolute Gasteiger partial charge is 0.508 e. The van der Waals surface area contributed by atoms with E-state index in [4.69, 9.17) is 9.47 Å². The number of fused-ring (bicyclic) bond motifs is 1. The van der Waals surface area contributed by atoms with Crippen molar-refractivity contribution in [3.8, 4) is 28.7 Å². The summed E-state index contributed by atoms with van der Waals surface area (Å²) >= 11 is 0. The topological polar surface area (TPSA) is 177 Å². The van der Waals surface area contributed by atoms with E-state index in [1.54, 1.807) is 0 Å². The van der Waals surface area contributed by atoms with Crippen molar-refractivity contribution >= 4 is 5.78 Å². The number of carbonyl (C=O) groups excluding carboxylic acids is 1. The van der Waals surface area contributed by atoms with Gasteiger partial charge in [-0.15, -0.1) is 0 Å². The Morgan fingerprint density at radius 1 is 0.806 bits per heavy atom. The second kappa shape index (κ2) is 7.57. The number of phenols is 4. The molecular weight excluding hydrogens is 412 g/mol. The van der Waals surface area contributed by atoms with Crippen LogP contribution in [0.3, 0.4) is 0 Å². The summed E-state index contributed by atoms with van der Waals surface area (Å²) in [5, 5.41) is 70.7. The number of aliphatic hydroxyl groups excluding tert-OH is 3. The molecule has 1 saturated heterocycles. The van der Waals surface area contributed by atoms with Crippen LogP contribution in [0.1, 0.15) is 28.9 Å². The third-order valence-electron chi connectivity index (χ3n) is 5.69. The first-order chi connectivity index (χ1) is 14.6. The van der Waals surface area contributed by atoms with Crippen molar-refractivity contribution in [3.63, 3.8) is 0 Å². The molecule has 31 heavy (non-hydrogen) atoms. The zero-order chi connectivity index (χ0) is 22.6. The summed E-state index contributed by atoms with van der Waals surface area (Å²) in [7, 11) is 0. The zero-order valence-corrected chi connectivity index (χ0v) is 16.3. The smallest absolute Gasteiger partial charge is 0.180 e. The van der Waals surface area contributed by atoms with Crippen molar-refractivity contribution in [3.05, 3.63) is 41.5 Å². The summed E-state index contributed by atoms with van der Waals surface area (Å²) < 4.78 is 11.5. The summed E-state index contributed by atoms with van der Waals surface area (Å²) in [6.07, 6.45) is -8.24. The van der Waals surface area contributed by atoms with Crippen molar-refractivity contribution in [1.29, 1.82) is 0 Å². The number of Topliss-reactive ketones (excluding diaryl/α,β-unsaturated/α-hetero) is 1. The minimum Gasteiger partial charge on any atom is -0.508 e. The van der Waals surface area contributed by atoms with Crippen molar-refractivity contribution in [2.45, 2.75) is 43.5 Å². The maximum absolute atomic E-state index is 13.5. The Hall–Kier alpha value is -3.05. The van der Waals surface area contributed by atoms with Crippen molar-refractivity contribution < 1.29 is 50.0 Å². The Bertz CT molecular complexity index is 1000. The first kappa shape index (κ1) is 21.2. The average Bonchev–Trinajstić information content (AvgIpc) is 2.68. The number of phenolic OH excluding ortho intramolecular Hbond substituents is 4. The fourth-order valence-corrected chi connectivity index (χ4v) is 4.20. The lowest BCUT2D eigenvalue weighted by Crippen LogP contribution is -2.61. The number of rotatable bonds is 2. The molecule has 2 heterocycles. The zero-order valence-electron chi connectivity index (χ0n) is 16.3. The monoisotopic (exact) mass is 434 g/mol. The quantitative estimate of drug-likeness (QED) is 0.348. The maximum Gasteiger partial charge on any atom is 0.180 e. The minimum atomic E-state index is -1.68. The predicted octanol–water partition coefficient (Wildman–Crippen LogP) is 0.312. The molecule has 4 rings (SSSR count). The molecule has 3 unspecified atom stereocenters. The SMILES string of the molecule is C[C@@H]1OC(C2C(=O)c3c(O)cc(O)cc3OC2c2cc(O)cc(O)c2)[C@H](O)[C@H](O)[C@H]1O. The van der Waals surface area contributed by atoms with Crippen molar-refractivity contribution in [1.82, 2.24) is 0 Å². The van der Waals surface area contributed by atoms with Gasteiger partial charge in [-0.05, 0) is 19.1 Å². The predicted molar refractivity (Wildman–Crippen MR) is 103 cm³/mol. The molecule has 2 aliphatic heterocycles. The van der Waals surface area contributed by atoms with Gasteiger partial charge in [-0.25, -0.2) is 0 Å². The number of ether oxygens (including phenoxy) is 2. The average molecular weight is 434 g/mol. The summed E-state index contributed by atoms with van der Waals surface area (Å²) in [6.45, 7) is 1.46. The van der Waals surface area contributed by atoms with Crippen molar-refractivity contribution in [2.75, 3.05) is 0 Å². The molecule has 2 aliphatic rings. The van der Waals surface area contributed by atoms with E-state index in [2.05, 4.69) is 0 Å². The lowest BCUT2D eigenvalue weighted by Gasteiger charge is -2.45. The van der Waals surface area contributed by atoms with Gasteiger partial charge in [0.15, 0.2) is 5.78 Å². The first-order valence-electron chi connectivity index (χ1n) is 9.58. The third kappa shape index (κ3) is 3.53. The van der Waals surface area contributed by atoms with Crippen molar-refractivity contribution in [2.24, 2.45) is 5.92 Å². The van der Waals surface area contributed by atoms with Crippen LogP contribution in [0.4, 0.5) is 0 Å². The van der Waals surface area contributed by atoms with Crippen LogP contribution in [0.5, 0.6) is 28.7 Å². The Balaban J connectivity index is 1.87. The number of ketones is 1. The normalized spacial score (nSPS) is 32.9. The van der Waals surface area contributed by atoms with Gasteiger partial charge in [0.2, 0.25) is 0 Å². The Morgan fingerprint density at radius 2 is 1.42 bits per heavy atom. The standard InChI is InChI=1S/C21H22O10/c1-7-16(26)18(28)19(29)21(30-7)15-17(27)14-12(25)5-11(24)6-13(14)31-20(15)8-2-9(22)4-10(23)3-8/h2-7,15-16,18-26,28-29H,1H3/t7-,15?,16-,18+,19+,20?,21?/m0/s1. The molecule has 7 atom stereocenters. The van der Waals surface area contributed by atoms with E-state index in [1.807, 2.05) is 0 Å². The van der Waals surface area contributed by atoms with Crippen LogP contribution in [-0.2, 0) is 4.74 Å². The number of benzene rings is 2. The van der Waals surface area contributed by atoms with E-state index in [9.17, 15) is 40.5 Å². The van der Waals surface area contributed by atoms with E-state index >= 15 is 0 Å². The highest BCUT2D eigenvalue weighted by Gasteiger charge is 2.53. The molecule has 10 heteroatoms. The van der Waals surface area contributed by atoms with Gasteiger partial charge >= 0.3 is 0 Å². The molecule has 0 saturated carbocycles. The van der Waals surface area contributed by atoms with Gasteiger partial charge in [-0.2, -0.15) is 0 Å². The van der Waals surface area contributed by atoms with E-state index in [0.717, 1.165) is 18.2 Å². The fourth-order valence-electron chi connectivity index (χ4n) is 4.20. The molecular formula is C21H22O10. The van der Waals surface area contributed by atoms with Crippen LogP contribution >= 0.6 is 0 Å². The molecule has 0 aliphatic carbocycles. The van der Waals surface area contributed by atoms with Gasteiger partial charge in [0, 0.05) is 23.8 Å². The van der Waals surface area contributed by atoms with E-state index in [-0.39, 0.29) is 34.1 Å². The molecule has 0 radical (unpaired) electrons. The molecule has 166 valence electrons. The lowest BCUT2D eigenvalue weighted by atomic mass is 9.77. The number of hydrogen-bond acceptors (Lipinski definition) is 10. The number of hydrogen-bond donors (Lipinski definition) is 7. The number of carbonyl (C=O) groups is 1. The molecule has 2 aromatic rings. The highest BCUT2D eigenvalue weighted by Crippen LogP contribution is 2.48. The summed E-state index contributed by atoms with van der Waals surface area (Å²) in [4.78, 5) is 13.5. The minimum absolute atomic E-state index is 0.147. The van der Waals surface area contributed by atoms with Crippen LogP contribution in [0.2, 0.25) is 0 Å². The molecule has 1 fully saturated rings. The summed E-state index contributed by atoms with van der Waals surface area (Å²) in [6, 6.07) is 5.63.